The Morgan fingerprint density at radius 1 is 1.50 bits per heavy atom. The number of carbonyl (C=O) groups is 1. The molecule has 0 aromatic carbocycles. The lowest BCUT2D eigenvalue weighted by Crippen LogP contribution is -2.47. The highest BCUT2D eigenvalue weighted by Crippen LogP contribution is 2.38. The normalized spacial score (nSPS) is 23.7. The Morgan fingerprint density at radius 2 is 2.20 bits per heavy atom. The van der Waals surface area contributed by atoms with Crippen molar-refractivity contribution in [3.63, 3.8) is 0 Å². The van der Waals surface area contributed by atoms with Crippen molar-refractivity contribution in [2.75, 3.05) is 18.0 Å². The maximum Gasteiger partial charge on any atom is 0.419 e. The summed E-state index contributed by atoms with van der Waals surface area (Å²) in [6.45, 7) is 1.96. The van der Waals surface area contributed by atoms with Crippen LogP contribution in [0, 0.1) is 5.41 Å². The molecule has 1 aliphatic rings. The summed E-state index contributed by atoms with van der Waals surface area (Å²) in [5.74, 6) is -1.18. The van der Waals surface area contributed by atoms with Gasteiger partial charge >= 0.3 is 12.1 Å². The Bertz CT molecular complexity index is 519. The molecular formula is C13H15F3N2O2. The minimum atomic E-state index is -4.50. The van der Waals surface area contributed by atoms with Crippen LogP contribution in [0.2, 0.25) is 0 Å². The fourth-order valence-corrected chi connectivity index (χ4v) is 2.47. The van der Waals surface area contributed by atoms with Crippen molar-refractivity contribution < 1.29 is 23.1 Å². The first-order valence-electron chi connectivity index (χ1n) is 6.24. The number of carboxylic acid groups (broad SMARTS) is 1. The van der Waals surface area contributed by atoms with Crippen LogP contribution >= 0.6 is 0 Å². The molecule has 1 fully saturated rings. The van der Waals surface area contributed by atoms with E-state index in [1.54, 1.807) is 6.92 Å². The summed E-state index contributed by atoms with van der Waals surface area (Å²) >= 11 is 0. The van der Waals surface area contributed by atoms with Crippen LogP contribution < -0.4 is 4.90 Å². The number of aliphatic carboxylic acids is 1. The van der Waals surface area contributed by atoms with Gasteiger partial charge in [0.05, 0.1) is 11.0 Å². The van der Waals surface area contributed by atoms with Crippen molar-refractivity contribution in [1.29, 1.82) is 0 Å². The lowest BCUT2D eigenvalue weighted by molar-refractivity contribution is -0.148. The highest BCUT2D eigenvalue weighted by atomic mass is 19.4. The molecule has 0 saturated carbocycles. The van der Waals surface area contributed by atoms with Crippen LogP contribution in [0.25, 0.3) is 0 Å². The first-order chi connectivity index (χ1) is 9.24. The molecule has 1 saturated heterocycles. The van der Waals surface area contributed by atoms with Gasteiger partial charge in [0.1, 0.15) is 5.82 Å². The van der Waals surface area contributed by atoms with E-state index in [0.717, 1.165) is 6.07 Å². The van der Waals surface area contributed by atoms with Crippen LogP contribution in [0.15, 0.2) is 18.3 Å². The van der Waals surface area contributed by atoms with Crippen molar-refractivity contribution in [3.05, 3.63) is 23.9 Å². The molecule has 110 valence electrons. The quantitative estimate of drug-likeness (QED) is 0.909. The predicted molar refractivity (Wildman–Crippen MR) is 66.4 cm³/mol. The molecule has 1 aromatic rings. The van der Waals surface area contributed by atoms with Gasteiger partial charge in [-0.15, -0.1) is 0 Å². The monoisotopic (exact) mass is 288 g/mol. The van der Waals surface area contributed by atoms with Gasteiger partial charge in [0.25, 0.3) is 0 Å². The smallest absolute Gasteiger partial charge is 0.419 e. The zero-order chi connectivity index (χ0) is 15.0. The van der Waals surface area contributed by atoms with E-state index in [2.05, 4.69) is 4.98 Å². The van der Waals surface area contributed by atoms with Crippen LogP contribution in [0.4, 0.5) is 19.0 Å². The van der Waals surface area contributed by atoms with E-state index in [9.17, 15) is 23.1 Å². The van der Waals surface area contributed by atoms with Crippen molar-refractivity contribution in [2.45, 2.75) is 25.9 Å². The molecule has 0 amide bonds. The third-order valence-electron chi connectivity index (χ3n) is 3.60. The van der Waals surface area contributed by atoms with Crippen LogP contribution in [0.1, 0.15) is 25.3 Å². The lowest BCUT2D eigenvalue weighted by atomic mass is 9.82. The third-order valence-corrected chi connectivity index (χ3v) is 3.60. The zero-order valence-corrected chi connectivity index (χ0v) is 10.9. The second-order valence-corrected chi connectivity index (χ2v) is 5.26. The van der Waals surface area contributed by atoms with Gasteiger partial charge in [-0.2, -0.15) is 13.2 Å². The largest absolute Gasteiger partial charge is 0.481 e. The zero-order valence-electron chi connectivity index (χ0n) is 10.9. The molecule has 1 N–H and O–H groups in total. The molecular weight excluding hydrogens is 273 g/mol. The molecule has 1 atom stereocenters. The number of aromatic nitrogens is 1. The van der Waals surface area contributed by atoms with E-state index < -0.39 is 23.1 Å². The number of hydrogen-bond acceptors (Lipinski definition) is 3. The predicted octanol–water partition coefficient (Wildman–Crippen LogP) is 2.79. The maximum absolute atomic E-state index is 13.0. The molecule has 20 heavy (non-hydrogen) atoms. The van der Waals surface area contributed by atoms with Gasteiger partial charge in [-0.25, -0.2) is 4.98 Å². The second kappa shape index (κ2) is 4.96. The number of halogens is 3. The minimum Gasteiger partial charge on any atom is -0.481 e. The molecule has 1 aliphatic heterocycles. The number of anilines is 1. The molecule has 0 bridgehead atoms. The summed E-state index contributed by atoms with van der Waals surface area (Å²) in [4.78, 5) is 16.5. The van der Waals surface area contributed by atoms with Crippen molar-refractivity contribution in [1.82, 2.24) is 4.98 Å². The van der Waals surface area contributed by atoms with Gasteiger partial charge in [0.2, 0.25) is 0 Å². The molecule has 2 heterocycles. The van der Waals surface area contributed by atoms with Gasteiger partial charge in [0.15, 0.2) is 0 Å². The third kappa shape index (κ3) is 2.71. The number of rotatable bonds is 2. The number of nitrogens with zero attached hydrogens (tertiary/aromatic N) is 2. The van der Waals surface area contributed by atoms with E-state index in [0.29, 0.717) is 19.4 Å². The first kappa shape index (κ1) is 14.6. The fourth-order valence-electron chi connectivity index (χ4n) is 2.47. The van der Waals surface area contributed by atoms with E-state index in [-0.39, 0.29) is 12.4 Å². The topological polar surface area (TPSA) is 53.4 Å². The van der Waals surface area contributed by atoms with Crippen molar-refractivity contribution in [2.24, 2.45) is 5.41 Å². The summed E-state index contributed by atoms with van der Waals surface area (Å²) in [6, 6.07) is 2.20. The number of piperidine rings is 1. The molecule has 7 heteroatoms. The Balaban J connectivity index is 2.35. The number of alkyl halides is 3. The minimum absolute atomic E-state index is 0.0302. The standard InChI is InChI=1S/C13H15F3N2O2/c1-12(11(19)20)5-3-7-18(8-12)10-9(13(14,15)16)4-2-6-17-10/h2,4,6H,3,5,7-8H2,1H3,(H,19,20). The highest BCUT2D eigenvalue weighted by molar-refractivity contribution is 5.75. The Hall–Kier alpha value is -1.79. The van der Waals surface area contributed by atoms with E-state index in [1.807, 2.05) is 0 Å². The van der Waals surface area contributed by atoms with Crippen molar-refractivity contribution in [3.8, 4) is 0 Å². The summed E-state index contributed by atoms with van der Waals surface area (Å²) in [5, 5.41) is 9.22. The van der Waals surface area contributed by atoms with Crippen LogP contribution in [0.5, 0.6) is 0 Å². The van der Waals surface area contributed by atoms with Crippen LogP contribution in [0.3, 0.4) is 0 Å². The average Bonchev–Trinajstić information content (AvgIpc) is 2.37. The van der Waals surface area contributed by atoms with Crippen LogP contribution in [-0.4, -0.2) is 29.1 Å². The van der Waals surface area contributed by atoms with E-state index >= 15 is 0 Å². The van der Waals surface area contributed by atoms with Gasteiger partial charge in [-0.05, 0) is 31.9 Å². The van der Waals surface area contributed by atoms with E-state index in [1.165, 1.54) is 17.2 Å². The molecule has 0 spiro atoms. The Labute approximate surface area is 114 Å². The molecule has 2 rings (SSSR count). The van der Waals surface area contributed by atoms with Gasteiger partial charge in [0, 0.05) is 19.3 Å². The Morgan fingerprint density at radius 3 is 2.80 bits per heavy atom. The molecule has 1 aromatic heterocycles. The molecule has 1 unspecified atom stereocenters. The van der Waals surface area contributed by atoms with Gasteiger partial charge < -0.3 is 10.0 Å². The van der Waals surface area contributed by atoms with Crippen molar-refractivity contribution >= 4 is 11.8 Å². The summed E-state index contributed by atoms with van der Waals surface area (Å²) in [5.41, 5.74) is -1.87. The SMILES string of the molecule is CC1(C(=O)O)CCCN(c2ncccc2C(F)(F)F)C1. The summed E-state index contributed by atoms with van der Waals surface area (Å²) < 4.78 is 38.9. The van der Waals surface area contributed by atoms with E-state index in [4.69, 9.17) is 0 Å². The number of pyridine rings is 1. The second-order valence-electron chi connectivity index (χ2n) is 5.26. The molecule has 0 radical (unpaired) electrons. The maximum atomic E-state index is 13.0. The lowest BCUT2D eigenvalue weighted by Gasteiger charge is -2.38. The first-order valence-corrected chi connectivity index (χ1v) is 6.24. The summed E-state index contributed by atoms with van der Waals surface area (Å²) in [6.07, 6.45) is -2.23. The summed E-state index contributed by atoms with van der Waals surface area (Å²) in [7, 11) is 0. The highest BCUT2D eigenvalue weighted by Gasteiger charge is 2.41. The molecule has 4 nitrogen and oxygen atoms in total. The van der Waals surface area contributed by atoms with Crippen LogP contribution in [-0.2, 0) is 11.0 Å². The average molecular weight is 288 g/mol. The van der Waals surface area contributed by atoms with Gasteiger partial charge in [-0.3, -0.25) is 4.79 Å². The Kier molecular flexibility index (Phi) is 3.62. The number of hydrogen-bond donors (Lipinski definition) is 1. The van der Waals surface area contributed by atoms with Gasteiger partial charge in [-0.1, -0.05) is 0 Å². The fraction of sp³-hybridized carbons (Fsp3) is 0.538. The molecule has 0 aliphatic carbocycles. The number of carboxylic acids is 1.